The van der Waals surface area contributed by atoms with Gasteiger partial charge in [0.25, 0.3) is 5.22 Å². The van der Waals surface area contributed by atoms with Crippen LogP contribution in [0.25, 0.3) is 0 Å². The molecule has 0 aliphatic heterocycles. The van der Waals surface area contributed by atoms with Gasteiger partial charge in [-0.05, 0) is 39.2 Å². The van der Waals surface area contributed by atoms with Gasteiger partial charge in [-0.3, -0.25) is 4.79 Å². The van der Waals surface area contributed by atoms with Gasteiger partial charge in [0.1, 0.15) is 11.8 Å². The van der Waals surface area contributed by atoms with Crippen LogP contribution in [-0.2, 0) is 9.53 Å². The SMILES string of the molecule is CCNC1(C(=O)OCC)CCCC(Sc2ncco2)C1. The number of carbonyl (C=O) groups excluding carboxylic acids is 1. The summed E-state index contributed by atoms with van der Waals surface area (Å²) in [4.78, 5) is 16.5. The predicted molar refractivity (Wildman–Crippen MR) is 77.7 cm³/mol. The number of carbonyl (C=O) groups is 1. The molecule has 0 bridgehead atoms. The van der Waals surface area contributed by atoms with Crippen molar-refractivity contribution in [3.05, 3.63) is 12.5 Å². The Bertz CT molecular complexity index is 420. The molecule has 1 saturated carbocycles. The van der Waals surface area contributed by atoms with Crippen LogP contribution < -0.4 is 5.32 Å². The zero-order valence-electron chi connectivity index (χ0n) is 12.1. The smallest absolute Gasteiger partial charge is 0.326 e. The molecule has 1 N–H and O–H groups in total. The summed E-state index contributed by atoms with van der Waals surface area (Å²) in [6, 6.07) is 0. The number of esters is 1. The molecule has 6 heteroatoms. The second-order valence-corrected chi connectivity index (χ2v) is 6.22. The molecule has 5 nitrogen and oxygen atoms in total. The van der Waals surface area contributed by atoms with E-state index in [-0.39, 0.29) is 5.97 Å². The maximum absolute atomic E-state index is 12.3. The Labute approximate surface area is 123 Å². The predicted octanol–water partition coefficient (Wildman–Crippen LogP) is 2.62. The Morgan fingerprint density at radius 1 is 1.65 bits per heavy atom. The van der Waals surface area contributed by atoms with Crippen LogP contribution in [-0.4, -0.2) is 34.9 Å². The minimum Gasteiger partial charge on any atom is -0.465 e. The quantitative estimate of drug-likeness (QED) is 0.815. The Morgan fingerprint density at radius 3 is 3.15 bits per heavy atom. The lowest BCUT2D eigenvalue weighted by Crippen LogP contribution is -2.56. The molecule has 1 aromatic heterocycles. The maximum atomic E-state index is 12.3. The molecule has 112 valence electrons. The average molecular weight is 298 g/mol. The van der Waals surface area contributed by atoms with Gasteiger partial charge >= 0.3 is 5.97 Å². The minimum atomic E-state index is -0.548. The van der Waals surface area contributed by atoms with Crippen LogP contribution in [0.1, 0.15) is 39.5 Å². The van der Waals surface area contributed by atoms with Crippen molar-refractivity contribution in [1.29, 1.82) is 0 Å². The van der Waals surface area contributed by atoms with Gasteiger partial charge in [-0.25, -0.2) is 4.98 Å². The molecule has 2 atom stereocenters. The van der Waals surface area contributed by atoms with Gasteiger partial charge in [-0.2, -0.15) is 0 Å². The number of hydrogen-bond donors (Lipinski definition) is 1. The molecule has 1 heterocycles. The molecular weight excluding hydrogens is 276 g/mol. The van der Waals surface area contributed by atoms with E-state index in [0.29, 0.717) is 17.1 Å². The van der Waals surface area contributed by atoms with Gasteiger partial charge in [0.05, 0.1) is 12.8 Å². The highest BCUT2D eigenvalue weighted by Gasteiger charge is 2.43. The fourth-order valence-corrected chi connectivity index (χ4v) is 3.93. The lowest BCUT2D eigenvalue weighted by molar-refractivity contribution is -0.152. The van der Waals surface area contributed by atoms with Crippen molar-refractivity contribution in [2.24, 2.45) is 0 Å². The van der Waals surface area contributed by atoms with E-state index >= 15 is 0 Å². The third-order valence-electron chi connectivity index (χ3n) is 3.56. The molecule has 1 aromatic rings. The molecule has 0 amide bonds. The van der Waals surface area contributed by atoms with Crippen LogP contribution in [0.3, 0.4) is 0 Å². The van der Waals surface area contributed by atoms with E-state index in [2.05, 4.69) is 10.3 Å². The Hall–Kier alpha value is -1.01. The number of thioether (sulfide) groups is 1. The fourth-order valence-electron chi connectivity index (χ4n) is 2.76. The number of hydrogen-bond acceptors (Lipinski definition) is 6. The van der Waals surface area contributed by atoms with Crippen molar-refractivity contribution in [3.8, 4) is 0 Å². The van der Waals surface area contributed by atoms with Crippen LogP contribution >= 0.6 is 11.8 Å². The first-order valence-electron chi connectivity index (χ1n) is 7.18. The summed E-state index contributed by atoms with van der Waals surface area (Å²) in [6.07, 6.45) is 6.89. The van der Waals surface area contributed by atoms with Crippen LogP contribution in [0.4, 0.5) is 0 Å². The number of likely N-dealkylation sites (N-methyl/N-ethyl adjacent to an activating group) is 1. The number of oxazole rings is 1. The van der Waals surface area contributed by atoms with Crippen LogP contribution in [0.2, 0.25) is 0 Å². The van der Waals surface area contributed by atoms with Gasteiger partial charge in [0.2, 0.25) is 0 Å². The zero-order chi connectivity index (χ0) is 14.4. The van der Waals surface area contributed by atoms with Crippen LogP contribution in [0, 0.1) is 0 Å². The molecule has 0 saturated heterocycles. The summed E-state index contributed by atoms with van der Waals surface area (Å²) in [5.41, 5.74) is -0.548. The van der Waals surface area contributed by atoms with Gasteiger partial charge in [-0.15, -0.1) is 0 Å². The van der Waals surface area contributed by atoms with E-state index in [1.54, 1.807) is 24.2 Å². The van der Waals surface area contributed by atoms with Gasteiger partial charge in [-0.1, -0.05) is 18.7 Å². The third-order valence-corrected chi connectivity index (χ3v) is 4.70. The summed E-state index contributed by atoms with van der Waals surface area (Å²) < 4.78 is 10.6. The van der Waals surface area contributed by atoms with E-state index in [9.17, 15) is 4.79 Å². The third kappa shape index (κ3) is 3.55. The van der Waals surface area contributed by atoms with Crippen molar-refractivity contribution >= 4 is 17.7 Å². The summed E-state index contributed by atoms with van der Waals surface area (Å²) in [6.45, 7) is 5.05. The van der Waals surface area contributed by atoms with Gasteiger partial charge < -0.3 is 14.5 Å². The number of rotatable bonds is 6. The molecule has 2 unspecified atom stereocenters. The first kappa shape index (κ1) is 15.4. The summed E-state index contributed by atoms with van der Waals surface area (Å²) in [5.74, 6) is -0.125. The Kier molecular flexibility index (Phi) is 5.48. The van der Waals surface area contributed by atoms with Crippen molar-refractivity contribution < 1.29 is 13.9 Å². The van der Waals surface area contributed by atoms with Crippen molar-refractivity contribution in [1.82, 2.24) is 10.3 Å². The fraction of sp³-hybridized carbons (Fsp3) is 0.714. The Morgan fingerprint density at radius 2 is 2.50 bits per heavy atom. The standard InChI is InChI=1S/C14H22N2O3S/c1-3-16-14(12(17)18-4-2)7-5-6-11(10-14)20-13-15-8-9-19-13/h8-9,11,16H,3-7,10H2,1-2H3. The molecule has 2 rings (SSSR count). The molecule has 1 fully saturated rings. The Balaban J connectivity index is 2.06. The second-order valence-electron chi connectivity index (χ2n) is 4.97. The van der Waals surface area contributed by atoms with E-state index < -0.39 is 5.54 Å². The lowest BCUT2D eigenvalue weighted by Gasteiger charge is -2.38. The highest BCUT2D eigenvalue weighted by Crippen LogP contribution is 2.38. The van der Waals surface area contributed by atoms with E-state index in [1.165, 1.54) is 0 Å². The molecule has 1 aliphatic rings. The number of nitrogens with zero attached hydrogens (tertiary/aromatic N) is 1. The van der Waals surface area contributed by atoms with Crippen molar-refractivity contribution in [2.75, 3.05) is 13.2 Å². The number of nitrogens with one attached hydrogen (secondary N) is 1. The van der Waals surface area contributed by atoms with Crippen LogP contribution in [0.15, 0.2) is 22.1 Å². The zero-order valence-corrected chi connectivity index (χ0v) is 12.9. The largest absolute Gasteiger partial charge is 0.465 e. The van der Waals surface area contributed by atoms with Gasteiger partial charge in [0, 0.05) is 5.25 Å². The molecular formula is C14H22N2O3S. The first-order valence-corrected chi connectivity index (χ1v) is 8.06. The van der Waals surface area contributed by atoms with E-state index in [0.717, 1.165) is 32.2 Å². The highest BCUT2D eigenvalue weighted by molar-refractivity contribution is 7.99. The highest BCUT2D eigenvalue weighted by atomic mass is 32.2. The number of aromatic nitrogens is 1. The molecule has 0 spiro atoms. The molecule has 1 aliphatic carbocycles. The minimum absolute atomic E-state index is 0.125. The molecule has 0 radical (unpaired) electrons. The van der Waals surface area contributed by atoms with Crippen molar-refractivity contribution in [3.63, 3.8) is 0 Å². The summed E-state index contributed by atoms with van der Waals surface area (Å²) in [7, 11) is 0. The summed E-state index contributed by atoms with van der Waals surface area (Å²) in [5, 5.41) is 4.35. The molecule has 0 aromatic carbocycles. The first-order chi connectivity index (χ1) is 9.70. The summed E-state index contributed by atoms with van der Waals surface area (Å²) >= 11 is 1.61. The van der Waals surface area contributed by atoms with Crippen molar-refractivity contribution in [2.45, 2.75) is 55.5 Å². The maximum Gasteiger partial charge on any atom is 0.326 e. The monoisotopic (exact) mass is 298 g/mol. The molecule has 20 heavy (non-hydrogen) atoms. The second kappa shape index (κ2) is 7.13. The topological polar surface area (TPSA) is 64.4 Å². The average Bonchev–Trinajstić information content (AvgIpc) is 2.92. The van der Waals surface area contributed by atoms with Crippen LogP contribution in [0.5, 0.6) is 0 Å². The van der Waals surface area contributed by atoms with E-state index in [4.69, 9.17) is 9.15 Å². The number of ether oxygens (including phenoxy) is 1. The van der Waals surface area contributed by atoms with E-state index in [1.807, 2.05) is 13.8 Å². The lowest BCUT2D eigenvalue weighted by atomic mass is 9.81. The van der Waals surface area contributed by atoms with Gasteiger partial charge in [0.15, 0.2) is 0 Å². The normalized spacial score (nSPS) is 26.4.